The third-order valence-electron chi connectivity index (χ3n) is 6.86. The quantitative estimate of drug-likeness (QED) is 0.389. The maximum absolute atomic E-state index is 13.7. The third-order valence-corrected chi connectivity index (χ3v) is 7.11. The molecule has 0 radical (unpaired) electrons. The second-order valence-corrected chi connectivity index (χ2v) is 11.2. The van der Waals surface area contributed by atoms with Gasteiger partial charge in [0.1, 0.15) is 17.8 Å². The number of likely N-dealkylation sites (tertiary alicyclic amines) is 1. The fraction of sp³-hybridized carbons (Fsp3) is 0.448. The number of carbonyl (C=O) groups excluding carboxylic acids is 2. The van der Waals surface area contributed by atoms with Crippen LogP contribution in [0.5, 0.6) is 0 Å². The molecule has 0 aliphatic carbocycles. The van der Waals surface area contributed by atoms with Gasteiger partial charge in [0, 0.05) is 62.1 Å². The molecule has 1 aliphatic rings. The molecule has 2 amide bonds. The molecule has 9 nitrogen and oxygen atoms in total. The second-order valence-electron chi connectivity index (χ2n) is 10.7. The number of pyridine rings is 2. The van der Waals surface area contributed by atoms with Gasteiger partial charge in [0.05, 0.1) is 6.61 Å². The summed E-state index contributed by atoms with van der Waals surface area (Å²) in [4.78, 5) is 48.6. The maximum atomic E-state index is 13.7. The first kappa shape index (κ1) is 28.6. The van der Waals surface area contributed by atoms with E-state index in [1.54, 1.807) is 36.4 Å². The predicted molar refractivity (Wildman–Crippen MR) is 153 cm³/mol. The van der Waals surface area contributed by atoms with Crippen LogP contribution in [0, 0.1) is 5.41 Å². The number of benzene rings is 1. The third kappa shape index (κ3) is 6.59. The Hall–Kier alpha value is -3.43. The van der Waals surface area contributed by atoms with E-state index in [1.165, 1.54) is 4.57 Å². The zero-order valence-corrected chi connectivity index (χ0v) is 23.8. The number of hydrogen-bond acceptors (Lipinski definition) is 6. The lowest BCUT2D eigenvalue weighted by molar-refractivity contribution is -0.142. The van der Waals surface area contributed by atoms with E-state index in [-0.39, 0.29) is 30.0 Å². The van der Waals surface area contributed by atoms with Crippen LogP contribution in [-0.2, 0) is 22.6 Å². The summed E-state index contributed by atoms with van der Waals surface area (Å²) in [5, 5.41) is 4.07. The van der Waals surface area contributed by atoms with Crippen molar-refractivity contribution in [3.8, 4) is 0 Å². The van der Waals surface area contributed by atoms with Crippen molar-refractivity contribution in [3.63, 3.8) is 0 Å². The number of ether oxygens (including phenoxy) is 1. The highest BCUT2D eigenvalue weighted by molar-refractivity contribution is 6.30. The van der Waals surface area contributed by atoms with Crippen molar-refractivity contribution in [1.82, 2.24) is 19.8 Å². The average Bonchev–Trinajstić information content (AvgIpc) is 2.90. The molecule has 3 heterocycles. The normalized spacial score (nSPS) is 14.2. The topological polar surface area (TPSA) is 96.8 Å². The molecular weight excluding hydrogens is 518 g/mol. The Morgan fingerprint density at radius 1 is 1.15 bits per heavy atom. The van der Waals surface area contributed by atoms with Gasteiger partial charge in [0.25, 0.3) is 11.5 Å². The highest BCUT2D eigenvalue weighted by Crippen LogP contribution is 2.29. The fourth-order valence-corrected chi connectivity index (χ4v) is 5.07. The van der Waals surface area contributed by atoms with E-state index < -0.39 is 11.5 Å². The van der Waals surface area contributed by atoms with E-state index in [1.807, 2.05) is 18.2 Å². The van der Waals surface area contributed by atoms with Gasteiger partial charge in [-0.1, -0.05) is 44.5 Å². The number of rotatable bonds is 11. The van der Waals surface area contributed by atoms with Crippen LogP contribution in [0.25, 0.3) is 11.0 Å². The van der Waals surface area contributed by atoms with Gasteiger partial charge in [-0.2, -0.15) is 0 Å². The van der Waals surface area contributed by atoms with E-state index in [4.69, 9.17) is 16.3 Å². The van der Waals surface area contributed by atoms with E-state index in [0.29, 0.717) is 42.3 Å². The minimum Gasteiger partial charge on any atom is -0.383 e. The molecule has 1 fully saturated rings. The van der Waals surface area contributed by atoms with Crippen molar-refractivity contribution in [2.24, 2.45) is 5.41 Å². The largest absolute Gasteiger partial charge is 0.383 e. The molecule has 0 unspecified atom stereocenters. The molecule has 1 aromatic carbocycles. The molecule has 0 bridgehead atoms. The van der Waals surface area contributed by atoms with Crippen LogP contribution in [-0.4, -0.2) is 66.2 Å². The van der Waals surface area contributed by atoms with Crippen LogP contribution in [0.4, 0.5) is 5.69 Å². The van der Waals surface area contributed by atoms with Gasteiger partial charge in [-0.05, 0) is 41.7 Å². The van der Waals surface area contributed by atoms with Crippen LogP contribution in [0.3, 0.4) is 0 Å². The van der Waals surface area contributed by atoms with Crippen molar-refractivity contribution in [2.45, 2.75) is 40.3 Å². The van der Waals surface area contributed by atoms with Crippen molar-refractivity contribution in [2.75, 3.05) is 44.8 Å². The number of nitrogens with one attached hydrogen (secondary N) is 1. The Labute approximate surface area is 233 Å². The van der Waals surface area contributed by atoms with Gasteiger partial charge in [0.15, 0.2) is 0 Å². The molecule has 208 valence electrons. The van der Waals surface area contributed by atoms with Gasteiger partial charge >= 0.3 is 0 Å². The van der Waals surface area contributed by atoms with Crippen LogP contribution in [0.15, 0.2) is 47.4 Å². The van der Waals surface area contributed by atoms with Crippen molar-refractivity contribution >= 4 is 40.1 Å². The molecule has 0 spiro atoms. The molecule has 10 heteroatoms. The number of halogens is 1. The molecule has 1 aliphatic heterocycles. The molecule has 2 aromatic heterocycles. The number of fused-ring (bicyclic) bond motifs is 1. The second kappa shape index (κ2) is 12.2. The Bertz CT molecular complexity index is 1400. The van der Waals surface area contributed by atoms with Gasteiger partial charge < -0.3 is 19.9 Å². The maximum Gasteiger partial charge on any atom is 0.265 e. The van der Waals surface area contributed by atoms with Crippen molar-refractivity contribution in [1.29, 1.82) is 0 Å². The van der Waals surface area contributed by atoms with Gasteiger partial charge in [0.2, 0.25) is 5.91 Å². The summed E-state index contributed by atoms with van der Waals surface area (Å²) in [5.74, 6) is -0.690. The molecule has 0 saturated carbocycles. The summed E-state index contributed by atoms with van der Waals surface area (Å²) < 4.78 is 6.66. The molecule has 1 saturated heterocycles. The zero-order chi connectivity index (χ0) is 28.2. The molecule has 0 atom stereocenters. The monoisotopic (exact) mass is 553 g/mol. The molecule has 1 N–H and O–H groups in total. The SMILES string of the molecule is CCCN(CCOC)c1ccnc2c1cc(C(=O)NCc1ccc(Cl)cc1)c(=O)n2CC(=O)N1CC(C)(C)C1. The Balaban J connectivity index is 1.75. The number of hydrogen-bond donors (Lipinski definition) is 1. The van der Waals surface area contributed by atoms with E-state index in [0.717, 1.165) is 24.2 Å². The summed E-state index contributed by atoms with van der Waals surface area (Å²) in [7, 11) is 1.65. The lowest BCUT2D eigenvalue weighted by Gasteiger charge is -2.45. The van der Waals surface area contributed by atoms with Crippen LogP contribution < -0.4 is 15.8 Å². The van der Waals surface area contributed by atoms with Gasteiger partial charge in [-0.3, -0.25) is 19.0 Å². The van der Waals surface area contributed by atoms with Crippen molar-refractivity contribution in [3.05, 3.63) is 69.1 Å². The number of anilines is 1. The highest BCUT2D eigenvalue weighted by Gasteiger charge is 2.37. The molecule has 39 heavy (non-hydrogen) atoms. The summed E-state index contributed by atoms with van der Waals surface area (Å²) in [6.07, 6.45) is 2.53. The number of amides is 2. The first-order valence-electron chi connectivity index (χ1n) is 13.2. The average molecular weight is 554 g/mol. The highest BCUT2D eigenvalue weighted by atomic mass is 35.5. The number of nitrogens with zero attached hydrogens (tertiary/aromatic N) is 4. The first-order chi connectivity index (χ1) is 18.6. The Morgan fingerprint density at radius 2 is 1.87 bits per heavy atom. The minimum absolute atomic E-state index is 0.0364. The predicted octanol–water partition coefficient (Wildman–Crippen LogP) is 3.71. The first-order valence-corrected chi connectivity index (χ1v) is 13.6. The number of aromatic nitrogens is 2. The zero-order valence-electron chi connectivity index (χ0n) is 23.0. The lowest BCUT2D eigenvalue weighted by Crippen LogP contribution is -2.56. The fourth-order valence-electron chi connectivity index (χ4n) is 4.94. The summed E-state index contributed by atoms with van der Waals surface area (Å²) in [6, 6.07) is 10.6. The Kier molecular flexibility index (Phi) is 8.92. The van der Waals surface area contributed by atoms with E-state index >= 15 is 0 Å². The van der Waals surface area contributed by atoms with E-state index in [2.05, 4.69) is 36.0 Å². The lowest BCUT2D eigenvalue weighted by atomic mass is 9.84. The van der Waals surface area contributed by atoms with Crippen molar-refractivity contribution < 1.29 is 14.3 Å². The van der Waals surface area contributed by atoms with E-state index in [9.17, 15) is 14.4 Å². The molecular formula is C29H36ClN5O4. The smallest absolute Gasteiger partial charge is 0.265 e. The standard InChI is InChI=1S/C29H36ClN5O4/c1-5-12-33(13-14-39-4)24-10-11-31-26-22(24)15-23(27(37)32-16-20-6-8-21(30)9-7-20)28(38)35(26)17-25(36)34-18-29(2,3)19-34/h6-11,15H,5,12-14,16-19H2,1-4H3,(H,32,37). The van der Waals surface area contributed by atoms with Gasteiger partial charge in [-0.25, -0.2) is 4.98 Å². The molecule has 3 aromatic rings. The van der Waals surface area contributed by atoms with Crippen LogP contribution >= 0.6 is 11.6 Å². The minimum atomic E-state index is -0.548. The van der Waals surface area contributed by atoms with Gasteiger partial charge in [-0.15, -0.1) is 0 Å². The summed E-state index contributed by atoms with van der Waals surface area (Å²) >= 11 is 5.97. The number of carbonyl (C=O) groups is 2. The number of methoxy groups -OCH3 is 1. The van der Waals surface area contributed by atoms with Crippen LogP contribution in [0.2, 0.25) is 5.02 Å². The summed E-state index contributed by atoms with van der Waals surface area (Å²) in [5.41, 5.74) is 1.52. The van der Waals surface area contributed by atoms with Crippen LogP contribution in [0.1, 0.15) is 43.1 Å². The summed E-state index contributed by atoms with van der Waals surface area (Å²) in [6.45, 7) is 9.46. The molecule has 4 rings (SSSR count). The Morgan fingerprint density at radius 3 is 2.51 bits per heavy atom.